The van der Waals surface area contributed by atoms with Gasteiger partial charge in [-0.25, -0.2) is 22.9 Å². The molecule has 4 amide bonds. The second-order valence-electron chi connectivity index (χ2n) is 11.6. The number of halogens is 6. The highest BCUT2D eigenvalue weighted by atomic mass is 35.5. The lowest BCUT2D eigenvalue weighted by molar-refractivity contribution is -0.119. The van der Waals surface area contributed by atoms with Crippen molar-refractivity contribution in [2.45, 2.75) is 32.0 Å². The summed E-state index contributed by atoms with van der Waals surface area (Å²) in [5.74, 6) is -9.50. The Morgan fingerprint density at radius 2 is 1.78 bits per heavy atom. The van der Waals surface area contributed by atoms with Crippen molar-refractivity contribution in [3.05, 3.63) is 105 Å². The number of hydrogen-bond donors (Lipinski definition) is 3. The van der Waals surface area contributed by atoms with Crippen LogP contribution < -0.4 is 20.9 Å². The molecule has 49 heavy (non-hydrogen) atoms. The van der Waals surface area contributed by atoms with E-state index in [1.165, 1.54) is 24.6 Å². The number of nitrogens with zero attached hydrogens (tertiary/aromatic N) is 5. The molecule has 5 rings (SSSR count). The van der Waals surface area contributed by atoms with Crippen LogP contribution in [0.1, 0.15) is 51.5 Å². The van der Waals surface area contributed by atoms with E-state index in [1.54, 1.807) is 18.5 Å². The molecule has 0 bridgehead atoms. The van der Waals surface area contributed by atoms with Crippen LogP contribution in [-0.4, -0.2) is 57.9 Å². The number of carbonyl (C=O) groups is 3. The number of rotatable bonds is 9. The molecule has 1 atom stereocenters. The van der Waals surface area contributed by atoms with Crippen LogP contribution in [0.2, 0.25) is 5.02 Å². The zero-order valence-corrected chi connectivity index (χ0v) is 27.3. The number of nitrogens with one attached hydrogen (secondary N) is 3. The van der Waals surface area contributed by atoms with E-state index in [4.69, 9.17) is 11.6 Å². The van der Waals surface area contributed by atoms with Crippen LogP contribution >= 0.6 is 11.6 Å². The van der Waals surface area contributed by atoms with E-state index in [1.807, 2.05) is 19.0 Å². The summed E-state index contributed by atoms with van der Waals surface area (Å²) in [6.07, 6.45) is 3.20. The van der Waals surface area contributed by atoms with E-state index >= 15 is 0 Å². The maximum Gasteiger partial charge on any atom is 0.327 e. The third-order valence-electron chi connectivity index (χ3n) is 7.71. The molecular formula is C32H30ClF5N8O3. The Morgan fingerprint density at radius 1 is 1.06 bits per heavy atom. The fourth-order valence-corrected chi connectivity index (χ4v) is 5.73. The highest BCUT2D eigenvalue weighted by Gasteiger charge is 2.47. The zero-order chi connectivity index (χ0) is 35.8. The van der Waals surface area contributed by atoms with Crippen molar-refractivity contribution in [2.75, 3.05) is 30.9 Å². The van der Waals surface area contributed by atoms with Crippen molar-refractivity contribution in [3.63, 3.8) is 0 Å². The third kappa shape index (κ3) is 7.34. The summed E-state index contributed by atoms with van der Waals surface area (Å²) in [4.78, 5) is 50.4. The van der Waals surface area contributed by atoms with Gasteiger partial charge in [-0.1, -0.05) is 11.6 Å². The fraction of sp³-hybridized carbons (Fsp3) is 0.281. The van der Waals surface area contributed by atoms with Crippen LogP contribution in [-0.2, 0) is 30.9 Å². The standard InChI is InChI=1S/C32H30ClF5N8O3/c1-16(47)41-26(20-9-19(34)5-6-22(20)33)27-28(43-31(49)46-15-32(37,38)21-10-23(35)24(36)11-25(21)46)42-29(45(27)4)30(48)40-13-18-12-39-8-7-17(18)14-44(2)3/h5-12,26H,13-15H2,1-4H3,(H,40,48)(H,41,47)(H,43,49)/t26-/m0/s1. The molecule has 2 aromatic heterocycles. The number of aromatic nitrogens is 3. The number of amides is 4. The number of urea groups is 1. The van der Waals surface area contributed by atoms with E-state index in [-0.39, 0.29) is 28.6 Å². The Kier molecular flexibility index (Phi) is 9.92. The van der Waals surface area contributed by atoms with Gasteiger partial charge in [0, 0.05) is 61.7 Å². The van der Waals surface area contributed by atoms with Gasteiger partial charge in [0.25, 0.3) is 11.8 Å². The predicted molar refractivity (Wildman–Crippen MR) is 170 cm³/mol. The van der Waals surface area contributed by atoms with Crippen LogP contribution in [0.25, 0.3) is 0 Å². The maximum absolute atomic E-state index is 14.9. The first-order chi connectivity index (χ1) is 23.1. The monoisotopic (exact) mass is 704 g/mol. The molecule has 0 aliphatic carbocycles. The lowest BCUT2D eigenvalue weighted by Crippen LogP contribution is -2.37. The molecule has 1 aliphatic rings. The summed E-state index contributed by atoms with van der Waals surface area (Å²) in [7, 11) is 5.13. The van der Waals surface area contributed by atoms with Crippen molar-refractivity contribution in [1.29, 1.82) is 0 Å². The highest BCUT2D eigenvalue weighted by molar-refractivity contribution is 6.31. The largest absolute Gasteiger partial charge is 0.345 e. The van der Waals surface area contributed by atoms with Crippen LogP contribution in [0.3, 0.4) is 0 Å². The van der Waals surface area contributed by atoms with E-state index in [0.717, 1.165) is 17.7 Å². The molecule has 0 saturated heterocycles. The summed E-state index contributed by atoms with van der Waals surface area (Å²) in [5, 5.41) is 7.72. The molecule has 0 spiro atoms. The Balaban J connectivity index is 1.57. The zero-order valence-electron chi connectivity index (χ0n) is 26.5. The number of fused-ring (bicyclic) bond motifs is 1. The Labute approximate surface area is 282 Å². The van der Waals surface area contributed by atoms with Crippen LogP contribution in [0.5, 0.6) is 0 Å². The summed E-state index contributed by atoms with van der Waals surface area (Å²) >= 11 is 6.41. The minimum atomic E-state index is -3.73. The number of benzene rings is 2. The van der Waals surface area contributed by atoms with Gasteiger partial charge in [-0.15, -0.1) is 0 Å². The van der Waals surface area contributed by atoms with E-state index in [0.29, 0.717) is 29.1 Å². The van der Waals surface area contributed by atoms with Gasteiger partial charge in [0.15, 0.2) is 17.5 Å². The normalized spacial score (nSPS) is 14.1. The molecule has 4 aromatic rings. The smallest absolute Gasteiger partial charge is 0.327 e. The Hall–Kier alpha value is -5.09. The van der Waals surface area contributed by atoms with Crippen LogP contribution in [0.4, 0.5) is 38.3 Å². The van der Waals surface area contributed by atoms with Gasteiger partial charge in [-0.2, -0.15) is 8.78 Å². The summed E-state index contributed by atoms with van der Waals surface area (Å²) in [6, 6.07) is 3.36. The molecule has 0 radical (unpaired) electrons. The number of alkyl halides is 2. The minimum absolute atomic E-state index is 0.000224. The molecule has 0 fully saturated rings. The molecule has 3 heterocycles. The van der Waals surface area contributed by atoms with Gasteiger partial charge < -0.3 is 20.1 Å². The third-order valence-corrected chi connectivity index (χ3v) is 8.06. The van der Waals surface area contributed by atoms with E-state index in [9.17, 15) is 36.3 Å². The van der Waals surface area contributed by atoms with Crippen molar-refractivity contribution in [2.24, 2.45) is 7.05 Å². The summed E-state index contributed by atoms with van der Waals surface area (Å²) in [6.45, 7) is 0.473. The first-order valence-corrected chi connectivity index (χ1v) is 15.0. The topological polar surface area (TPSA) is 124 Å². The second-order valence-corrected chi connectivity index (χ2v) is 12.0. The molecule has 0 unspecified atom stereocenters. The van der Waals surface area contributed by atoms with Crippen molar-refractivity contribution in [1.82, 2.24) is 30.1 Å². The maximum atomic E-state index is 14.9. The Morgan fingerprint density at radius 3 is 2.47 bits per heavy atom. The number of carbonyl (C=O) groups excluding carboxylic acids is 3. The molecule has 1 aliphatic heterocycles. The Bertz CT molecular complexity index is 1950. The molecule has 11 nitrogen and oxygen atoms in total. The number of hydrogen-bond acceptors (Lipinski definition) is 6. The van der Waals surface area contributed by atoms with E-state index in [2.05, 4.69) is 25.9 Å². The van der Waals surface area contributed by atoms with Gasteiger partial charge in [0.05, 0.1) is 24.0 Å². The van der Waals surface area contributed by atoms with Gasteiger partial charge in [0.2, 0.25) is 11.7 Å². The molecule has 0 saturated carbocycles. The second kappa shape index (κ2) is 13.8. The van der Waals surface area contributed by atoms with Gasteiger partial charge in [-0.3, -0.25) is 24.8 Å². The molecule has 2 aromatic carbocycles. The predicted octanol–water partition coefficient (Wildman–Crippen LogP) is 5.25. The average Bonchev–Trinajstić information content (AvgIpc) is 3.48. The van der Waals surface area contributed by atoms with Gasteiger partial charge >= 0.3 is 6.03 Å². The number of pyridine rings is 1. The molecule has 3 N–H and O–H groups in total. The van der Waals surface area contributed by atoms with E-state index < -0.39 is 70.9 Å². The quantitative estimate of drug-likeness (QED) is 0.205. The van der Waals surface area contributed by atoms with Gasteiger partial charge in [-0.05, 0) is 55.6 Å². The summed E-state index contributed by atoms with van der Waals surface area (Å²) < 4.78 is 73.4. The first-order valence-electron chi connectivity index (χ1n) is 14.7. The SMILES string of the molecule is CC(=O)N[C@@H](c1cc(F)ccc1Cl)c1c(NC(=O)N2CC(F)(F)c3cc(F)c(F)cc32)nc(C(=O)NCc2cnccc2CN(C)C)n1C. The lowest BCUT2D eigenvalue weighted by atomic mass is 10.0. The highest BCUT2D eigenvalue weighted by Crippen LogP contribution is 2.44. The molecular weight excluding hydrogens is 675 g/mol. The molecule has 258 valence electrons. The average molecular weight is 705 g/mol. The van der Waals surface area contributed by atoms with Crippen molar-refractivity contribution < 1.29 is 36.3 Å². The lowest BCUT2D eigenvalue weighted by Gasteiger charge is -2.23. The fourth-order valence-electron chi connectivity index (χ4n) is 5.51. The van der Waals surface area contributed by atoms with Crippen LogP contribution in [0, 0.1) is 17.5 Å². The van der Waals surface area contributed by atoms with Crippen LogP contribution in [0.15, 0.2) is 48.8 Å². The summed E-state index contributed by atoms with van der Waals surface area (Å²) in [5.41, 5.74) is 0.0173. The van der Waals surface area contributed by atoms with Crippen molar-refractivity contribution >= 4 is 41.0 Å². The van der Waals surface area contributed by atoms with Crippen molar-refractivity contribution in [3.8, 4) is 0 Å². The number of anilines is 2. The number of imidazole rings is 1. The minimum Gasteiger partial charge on any atom is -0.345 e. The first kappa shape index (κ1) is 35.2. The molecule has 17 heteroatoms. The van der Waals surface area contributed by atoms with Gasteiger partial charge in [0.1, 0.15) is 5.82 Å².